The number of hydrogen-bond donors (Lipinski definition) is 0. The van der Waals surface area contributed by atoms with Crippen LogP contribution in [0.2, 0.25) is 0 Å². The fraction of sp³-hybridized carbons (Fsp3) is 0.556. The molecular weight excluding hydrogens is 108 g/mol. The van der Waals surface area contributed by atoms with E-state index in [1.807, 2.05) is 6.08 Å². The van der Waals surface area contributed by atoms with Crippen LogP contribution in [0.1, 0.15) is 26.2 Å². The predicted octanol–water partition coefficient (Wildman–Crippen LogP) is 2.92. The van der Waals surface area contributed by atoms with Gasteiger partial charge < -0.3 is 0 Å². The first-order chi connectivity index (χ1) is 4.33. The minimum atomic E-state index is 0.877. The molecular formula is C9H14. The number of rotatable bonds is 2. The highest BCUT2D eigenvalue weighted by Gasteiger charge is 2.11. The Hall–Kier alpha value is -0.520. The number of hydrogen-bond acceptors (Lipinski definition) is 0. The second-order valence-electron chi connectivity index (χ2n) is 2.88. The Bertz CT molecular complexity index is 131. The van der Waals surface area contributed by atoms with Crippen LogP contribution >= 0.6 is 0 Å². The van der Waals surface area contributed by atoms with E-state index in [2.05, 4.69) is 19.6 Å². The van der Waals surface area contributed by atoms with Gasteiger partial charge in [0.25, 0.3) is 0 Å². The molecule has 0 heteroatoms. The molecule has 0 nitrogen and oxygen atoms in total. The van der Waals surface area contributed by atoms with E-state index < -0.39 is 0 Å². The normalized spacial score (nSPS) is 25.9. The van der Waals surface area contributed by atoms with Crippen LogP contribution in [0.5, 0.6) is 0 Å². The summed E-state index contributed by atoms with van der Waals surface area (Å²) in [5.74, 6) is 0.877. The van der Waals surface area contributed by atoms with Crippen LogP contribution in [-0.4, -0.2) is 0 Å². The van der Waals surface area contributed by atoms with Gasteiger partial charge in [0.15, 0.2) is 0 Å². The van der Waals surface area contributed by atoms with Crippen LogP contribution in [0, 0.1) is 5.92 Å². The third kappa shape index (κ3) is 1.70. The van der Waals surface area contributed by atoms with Crippen LogP contribution in [-0.2, 0) is 0 Å². The lowest BCUT2D eigenvalue weighted by Crippen LogP contribution is -1.90. The Morgan fingerprint density at radius 1 is 1.89 bits per heavy atom. The van der Waals surface area contributed by atoms with Crippen LogP contribution in [0.3, 0.4) is 0 Å². The molecule has 1 unspecified atom stereocenters. The third-order valence-corrected chi connectivity index (χ3v) is 1.91. The molecule has 0 amide bonds. The fourth-order valence-electron chi connectivity index (χ4n) is 1.41. The molecule has 9 heavy (non-hydrogen) atoms. The predicted molar refractivity (Wildman–Crippen MR) is 41.3 cm³/mol. The Balaban J connectivity index is 2.28. The molecule has 0 spiro atoms. The second-order valence-corrected chi connectivity index (χ2v) is 2.88. The summed E-state index contributed by atoms with van der Waals surface area (Å²) in [5, 5.41) is 0. The van der Waals surface area contributed by atoms with E-state index in [-0.39, 0.29) is 0 Å². The van der Waals surface area contributed by atoms with E-state index in [9.17, 15) is 0 Å². The summed E-state index contributed by atoms with van der Waals surface area (Å²) in [6, 6.07) is 0. The van der Waals surface area contributed by atoms with Gasteiger partial charge in [-0.2, -0.15) is 0 Å². The SMILES string of the molecule is C=CCC1CC=C(C)C1. The van der Waals surface area contributed by atoms with Crippen LogP contribution in [0.4, 0.5) is 0 Å². The Morgan fingerprint density at radius 3 is 3.11 bits per heavy atom. The van der Waals surface area contributed by atoms with Gasteiger partial charge in [-0.25, -0.2) is 0 Å². The van der Waals surface area contributed by atoms with E-state index in [1.54, 1.807) is 5.57 Å². The molecule has 0 heterocycles. The lowest BCUT2D eigenvalue weighted by Gasteiger charge is -2.03. The van der Waals surface area contributed by atoms with Gasteiger partial charge in [-0.3, -0.25) is 0 Å². The van der Waals surface area contributed by atoms with Gasteiger partial charge in [0, 0.05) is 0 Å². The zero-order valence-corrected chi connectivity index (χ0v) is 6.06. The molecule has 0 saturated heterocycles. The maximum atomic E-state index is 3.73. The van der Waals surface area contributed by atoms with E-state index in [1.165, 1.54) is 19.3 Å². The van der Waals surface area contributed by atoms with Crippen molar-refractivity contribution in [1.29, 1.82) is 0 Å². The van der Waals surface area contributed by atoms with Crippen molar-refractivity contribution in [3.63, 3.8) is 0 Å². The maximum Gasteiger partial charge on any atom is -0.0289 e. The molecule has 1 aliphatic carbocycles. The van der Waals surface area contributed by atoms with Crippen molar-refractivity contribution in [1.82, 2.24) is 0 Å². The van der Waals surface area contributed by atoms with Crippen molar-refractivity contribution in [2.45, 2.75) is 26.2 Å². The first kappa shape index (κ1) is 6.60. The highest BCUT2D eigenvalue weighted by Crippen LogP contribution is 2.26. The van der Waals surface area contributed by atoms with Crippen LogP contribution < -0.4 is 0 Å². The molecule has 0 saturated carbocycles. The van der Waals surface area contributed by atoms with Gasteiger partial charge in [-0.15, -0.1) is 6.58 Å². The molecule has 0 radical (unpaired) electrons. The summed E-state index contributed by atoms with van der Waals surface area (Å²) in [4.78, 5) is 0. The third-order valence-electron chi connectivity index (χ3n) is 1.91. The summed E-state index contributed by atoms with van der Waals surface area (Å²) in [6.45, 7) is 5.94. The van der Waals surface area contributed by atoms with E-state index in [0.717, 1.165) is 5.92 Å². The van der Waals surface area contributed by atoms with Gasteiger partial charge in [0.1, 0.15) is 0 Å². The molecule has 0 aromatic rings. The summed E-state index contributed by atoms with van der Waals surface area (Å²) in [5.41, 5.74) is 1.56. The molecule has 0 bridgehead atoms. The molecule has 0 fully saturated rings. The van der Waals surface area contributed by atoms with Crippen molar-refractivity contribution >= 4 is 0 Å². The van der Waals surface area contributed by atoms with Crippen molar-refractivity contribution in [2.75, 3.05) is 0 Å². The molecule has 0 aliphatic heterocycles. The van der Waals surface area contributed by atoms with Gasteiger partial charge in [-0.05, 0) is 32.1 Å². The molecule has 0 aromatic heterocycles. The van der Waals surface area contributed by atoms with Crippen LogP contribution in [0.15, 0.2) is 24.3 Å². The maximum absolute atomic E-state index is 3.73. The topological polar surface area (TPSA) is 0 Å². The van der Waals surface area contributed by atoms with E-state index in [0.29, 0.717) is 0 Å². The fourth-order valence-corrected chi connectivity index (χ4v) is 1.41. The van der Waals surface area contributed by atoms with Gasteiger partial charge in [-0.1, -0.05) is 17.7 Å². The van der Waals surface area contributed by atoms with Gasteiger partial charge in [0.2, 0.25) is 0 Å². The first-order valence-corrected chi connectivity index (χ1v) is 3.59. The van der Waals surface area contributed by atoms with Crippen molar-refractivity contribution in [2.24, 2.45) is 5.92 Å². The van der Waals surface area contributed by atoms with Crippen molar-refractivity contribution in [3.8, 4) is 0 Å². The van der Waals surface area contributed by atoms with Crippen molar-refractivity contribution < 1.29 is 0 Å². The second kappa shape index (κ2) is 2.86. The van der Waals surface area contributed by atoms with Gasteiger partial charge >= 0.3 is 0 Å². The molecule has 50 valence electrons. The van der Waals surface area contributed by atoms with Crippen LogP contribution in [0.25, 0.3) is 0 Å². The highest BCUT2D eigenvalue weighted by atomic mass is 14.2. The monoisotopic (exact) mass is 122 g/mol. The average molecular weight is 122 g/mol. The quantitative estimate of drug-likeness (QED) is 0.494. The summed E-state index contributed by atoms with van der Waals surface area (Å²) in [6.07, 6.45) is 8.13. The Morgan fingerprint density at radius 2 is 2.67 bits per heavy atom. The minimum Gasteiger partial charge on any atom is -0.103 e. The molecule has 1 rings (SSSR count). The Kier molecular flexibility index (Phi) is 2.10. The largest absolute Gasteiger partial charge is 0.103 e. The highest BCUT2D eigenvalue weighted by molar-refractivity contribution is 5.07. The average Bonchev–Trinajstić information content (AvgIpc) is 2.17. The summed E-state index contributed by atoms with van der Waals surface area (Å²) in [7, 11) is 0. The smallest absolute Gasteiger partial charge is 0.0289 e. The number of allylic oxidation sites excluding steroid dienone is 3. The standard InChI is InChI=1S/C9H14/c1-3-4-9-6-5-8(2)7-9/h3,5,9H,1,4,6-7H2,2H3. The van der Waals surface area contributed by atoms with E-state index in [4.69, 9.17) is 0 Å². The summed E-state index contributed by atoms with van der Waals surface area (Å²) < 4.78 is 0. The lowest BCUT2D eigenvalue weighted by molar-refractivity contribution is 0.572. The molecule has 0 N–H and O–H groups in total. The lowest BCUT2D eigenvalue weighted by atomic mass is 10.0. The zero-order chi connectivity index (χ0) is 6.69. The minimum absolute atomic E-state index is 0.877. The van der Waals surface area contributed by atoms with E-state index >= 15 is 0 Å². The van der Waals surface area contributed by atoms with Crippen molar-refractivity contribution in [3.05, 3.63) is 24.3 Å². The summed E-state index contributed by atoms with van der Waals surface area (Å²) >= 11 is 0. The molecule has 1 aliphatic rings. The Labute approximate surface area is 57.3 Å². The van der Waals surface area contributed by atoms with Gasteiger partial charge in [0.05, 0.1) is 0 Å². The molecule has 1 atom stereocenters. The zero-order valence-electron chi connectivity index (χ0n) is 6.06. The first-order valence-electron chi connectivity index (χ1n) is 3.59. The molecule has 0 aromatic carbocycles.